The van der Waals surface area contributed by atoms with E-state index in [0.717, 1.165) is 58.5 Å². The second-order valence-electron chi connectivity index (χ2n) is 8.09. The zero-order valence-corrected chi connectivity index (χ0v) is 17.2. The summed E-state index contributed by atoms with van der Waals surface area (Å²) in [5.41, 5.74) is 2.51. The van der Waals surface area contributed by atoms with Crippen molar-refractivity contribution < 1.29 is 14.3 Å². The van der Waals surface area contributed by atoms with Crippen LogP contribution < -0.4 is 0 Å². The van der Waals surface area contributed by atoms with Gasteiger partial charge in [-0.2, -0.15) is 5.10 Å². The van der Waals surface area contributed by atoms with E-state index in [0.29, 0.717) is 0 Å². The Balaban J connectivity index is 1.49. The highest BCUT2D eigenvalue weighted by molar-refractivity contribution is 5.76. The van der Waals surface area contributed by atoms with Crippen molar-refractivity contribution in [1.82, 2.24) is 19.6 Å². The highest BCUT2D eigenvalue weighted by Crippen LogP contribution is 2.36. The summed E-state index contributed by atoms with van der Waals surface area (Å²) in [6.07, 6.45) is 5.95. The third-order valence-electron chi connectivity index (χ3n) is 6.05. The predicted molar refractivity (Wildman–Crippen MR) is 104 cm³/mol. The van der Waals surface area contributed by atoms with Crippen LogP contribution in [-0.4, -0.2) is 77.6 Å². The molecule has 0 aliphatic carbocycles. The van der Waals surface area contributed by atoms with Crippen LogP contribution in [-0.2, 0) is 27.4 Å². The lowest BCUT2D eigenvalue weighted by Crippen LogP contribution is -2.50. The molecule has 1 amide bonds. The van der Waals surface area contributed by atoms with Gasteiger partial charge in [-0.3, -0.25) is 14.4 Å². The van der Waals surface area contributed by atoms with Gasteiger partial charge in [0.1, 0.15) is 6.61 Å². The molecule has 0 aromatic carbocycles. The molecular weight excluding hydrogens is 344 g/mol. The highest BCUT2D eigenvalue weighted by Gasteiger charge is 2.40. The molecule has 3 heterocycles. The molecule has 0 radical (unpaired) electrons. The number of likely N-dealkylation sites (tertiary alicyclic amines) is 1. The molecule has 152 valence electrons. The summed E-state index contributed by atoms with van der Waals surface area (Å²) >= 11 is 0. The molecule has 3 rings (SSSR count). The maximum atomic E-state index is 11.8. The van der Waals surface area contributed by atoms with Gasteiger partial charge in [0, 0.05) is 64.6 Å². The van der Waals surface area contributed by atoms with E-state index in [2.05, 4.69) is 28.5 Å². The number of ether oxygens (including phenoxy) is 2. The topological polar surface area (TPSA) is 59.8 Å². The molecule has 2 fully saturated rings. The van der Waals surface area contributed by atoms with E-state index >= 15 is 0 Å². The Morgan fingerprint density at radius 2 is 2.15 bits per heavy atom. The SMILES string of the molecule is CCn1ncc(CN2CCC3(CC2)CC(OCC(=O)N(C)C)CCO3)c1C. The molecule has 2 aliphatic heterocycles. The summed E-state index contributed by atoms with van der Waals surface area (Å²) in [5, 5.41) is 4.46. The van der Waals surface area contributed by atoms with Crippen LogP contribution in [0.15, 0.2) is 6.20 Å². The van der Waals surface area contributed by atoms with E-state index in [1.807, 2.05) is 6.20 Å². The molecular formula is C20H34N4O3. The lowest BCUT2D eigenvalue weighted by atomic mass is 9.83. The Kier molecular flexibility index (Phi) is 6.55. The van der Waals surface area contributed by atoms with E-state index in [1.54, 1.807) is 19.0 Å². The van der Waals surface area contributed by atoms with Gasteiger partial charge in [0.15, 0.2) is 0 Å². The molecule has 1 aromatic heterocycles. The van der Waals surface area contributed by atoms with Crippen molar-refractivity contribution in [2.75, 3.05) is 40.4 Å². The number of hydrogen-bond acceptors (Lipinski definition) is 5. The average molecular weight is 379 g/mol. The number of likely N-dealkylation sites (N-methyl/N-ethyl adjacent to an activating group) is 1. The first-order chi connectivity index (χ1) is 12.9. The summed E-state index contributed by atoms with van der Waals surface area (Å²) in [6.45, 7) is 9.10. The van der Waals surface area contributed by atoms with E-state index in [4.69, 9.17) is 9.47 Å². The third-order valence-corrected chi connectivity index (χ3v) is 6.05. The Labute approximate surface area is 162 Å². The van der Waals surface area contributed by atoms with Gasteiger partial charge in [-0.05, 0) is 33.1 Å². The second-order valence-corrected chi connectivity index (χ2v) is 8.09. The summed E-state index contributed by atoms with van der Waals surface area (Å²) in [4.78, 5) is 15.9. The van der Waals surface area contributed by atoms with Crippen molar-refractivity contribution in [3.63, 3.8) is 0 Å². The molecule has 2 saturated heterocycles. The monoisotopic (exact) mass is 378 g/mol. The number of carbonyl (C=O) groups is 1. The van der Waals surface area contributed by atoms with Crippen molar-refractivity contribution in [1.29, 1.82) is 0 Å². The van der Waals surface area contributed by atoms with Gasteiger partial charge < -0.3 is 14.4 Å². The smallest absolute Gasteiger partial charge is 0.248 e. The van der Waals surface area contributed by atoms with Gasteiger partial charge >= 0.3 is 0 Å². The maximum absolute atomic E-state index is 11.8. The van der Waals surface area contributed by atoms with Gasteiger partial charge in [0.05, 0.1) is 17.9 Å². The molecule has 1 unspecified atom stereocenters. The van der Waals surface area contributed by atoms with Crippen LogP contribution in [0, 0.1) is 6.92 Å². The molecule has 1 spiro atoms. The van der Waals surface area contributed by atoms with Crippen molar-refractivity contribution in [2.45, 2.75) is 64.3 Å². The molecule has 1 aromatic rings. The molecule has 0 bridgehead atoms. The highest BCUT2D eigenvalue weighted by atomic mass is 16.5. The zero-order chi connectivity index (χ0) is 19.4. The van der Waals surface area contributed by atoms with Crippen LogP contribution in [0.2, 0.25) is 0 Å². The van der Waals surface area contributed by atoms with Crippen molar-refractivity contribution in [3.8, 4) is 0 Å². The van der Waals surface area contributed by atoms with E-state index in [-0.39, 0.29) is 24.2 Å². The molecule has 0 N–H and O–H groups in total. The lowest BCUT2D eigenvalue weighted by Gasteiger charge is -2.46. The molecule has 0 saturated carbocycles. The average Bonchev–Trinajstić information content (AvgIpc) is 3.01. The largest absolute Gasteiger partial charge is 0.375 e. The first-order valence-electron chi connectivity index (χ1n) is 10.1. The fraction of sp³-hybridized carbons (Fsp3) is 0.800. The Morgan fingerprint density at radius 1 is 1.41 bits per heavy atom. The lowest BCUT2D eigenvalue weighted by molar-refractivity contribution is -0.162. The molecule has 7 nitrogen and oxygen atoms in total. The van der Waals surface area contributed by atoms with Crippen LogP contribution >= 0.6 is 0 Å². The standard InChI is InChI=1S/C20H34N4O3/c1-5-24-16(2)17(13-21-24)14-23-9-7-20(8-10-23)12-18(6-11-27-20)26-15-19(25)22(3)4/h13,18H,5-12,14-15H2,1-4H3. The fourth-order valence-electron chi connectivity index (χ4n) is 4.11. The molecule has 7 heteroatoms. The first-order valence-corrected chi connectivity index (χ1v) is 10.1. The fourth-order valence-corrected chi connectivity index (χ4v) is 4.11. The quantitative estimate of drug-likeness (QED) is 0.756. The number of nitrogens with zero attached hydrogens (tertiary/aromatic N) is 4. The number of piperidine rings is 1. The van der Waals surface area contributed by atoms with Crippen molar-refractivity contribution >= 4 is 5.91 Å². The van der Waals surface area contributed by atoms with Crippen LogP contribution in [0.5, 0.6) is 0 Å². The summed E-state index contributed by atoms with van der Waals surface area (Å²) < 4.78 is 14.2. The normalized spacial score (nSPS) is 22.9. The third kappa shape index (κ3) is 4.89. The van der Waals surface area contributed by atoms with Gasteiger partial charge in [-0.15, -0.1) is 0 Å². The molecule has 2 aliphatic rings. The Morgan fingerprint density at radius 3 is 2.78 bits per heavy atom. The van der Waals surface area contributed by atoms with E-state index in [9.17, 15) is 4.79 Å². The van der Waals surface area contributed by atoms with Gasteiger partial charge in [-0.1, -0.05) is 0 Å². The second kappa shape index (κ2) is 8.71. The molecule has 1 atom stereocenters. The first kappa shape index (κ1) is 20.3. The minimum atomic E-state index is -0.0801. The van der Waals surface area contributed by atoms with Crippen LogP contribution in [0.1, 0.15) is 43.9 Å². The van der Waals surface area contributed by atoms with Crippen molar-refractivity contribution in [2.24, 2.45) is 0 Å². The van der Waals surface area contributed by atoms with E-state index in [1.165, 1.54) is 11.3 Å². The Hall–Kier alpha value is -1.44. The Bertz CT molecular complexity index is 635. The minimum absolute atomic E-state index is 0.0216. The number of rotatable bonds is 6. The predicted octanol–water partition coefficient (Wildman–Crippen LogP) is 1.83. The summed E-state index contributed by atoms with van der Waals surface area (Å²) in [6, 6.07) is 0. The summed E-state index contributed by atoms with van der Waals surface area (Å²) in [7, 11) is 3.53. The maximum Gasteiger partial charge on any atom is 0.248 e. The van der Waals surface area contributed by atoms with Gasteiger partial charge in [0.2, 0.25) is 5.91 Å². The van der Waals surface area contributed by atoms with Crippen LogP contribution in [0.4, 0.5) is 0 Å². The van der Waals surface area contributed by atoms with Crippen molar-refractivity contribution in [3.05, 3.63) is 17.5 Å². The number of aromatic nitrogens is 2. The number of aryl methyl sites for hydroxylation is 1. The number of carbonyl (C=O) groups excluding carboxylic acids is 1. The zero-order valence-electron chi connectivity index (χ0n) is 17.2. The molecule has 27 heavy (non-hydrogen) atoms. The minimum Gasteiger partial charge on any atom is -0.375 e. The van der Waals surface area contributed by atoms with Gasteiger partial charge in [-0.25, -0.2) is 0 Å². The van der Waals surface area contributed by atoms with Gasteiger partial charge in [0.25, 0.3) is 0 Å². The number of hydrogen-bond donors (Lipinski definition) is 0. The van der Waals surface area contributed by atoms with Crippen LogP contribution in [0.3, 0.4) is 0 Å². The summed E-state index contributed by atoms with van der Waals surface area (Å²) in [5.74, 6) is 0.0216. The van der Waals surface area contributed by atoms with E-state index < -0.39 is 0 Å². The number of amides is 1. The van der Waals surface area contributed by atoms with Crippen LogP contribution in [0.25, 0.3) is 0 Å².